The summed E-state index contributed by atoms with van der Waals surface area (Å²) in [5.41, 5.74) is 5.93. The van der Waals surface area contributed by atoms with Gasteiger partial charge in [0.1, 0.15) is 23.9 Å². The highest BCUT2D eigenvalue weighted by Crippen LogP contribution is 2.34. The summed E-state index contributed by atoms with van der Waals surface area (Å²) >= 11 is 0. The van der Waals surface area contributed by atoms with Crippen molar-refractivity contribution >= 4 is 11.8 Å². The number of imidazole rings is 2. The first-order chi connectivity index (χ1) is 20.3. The Hall–Kier alpha value is -4.28. The third-order valence-corrected chi connectivity index (χ3v) is 8.33. The molecule has 42 heavy (non-hydrogen) atoms. The lowest BCUT2D eigenvalue weighted by Crippen LogP contribution is -2.37. The largest absolute Gasteiger partial charge is 0.384 e. The first kappa shape index (κ1) is 27.9. The van der Waals surface area contributed by atoms with Crippen molar-refractivity contribution in [3.8, 4) is 33.6 Å². The predicted molar refractivity (Wildman–Crippen MR) is 158 cm³/mol. The van der Waals surface area contributed by atoms with Gasteiger partial charge in [-0.15, -0.1) is 0 Å². The summed E-state index contributed by atoms with van der Waals surface area (Å²) < 4.78 is 0. The quantitative estimate of drug-likeness (QED) is 0.263. The van der Waals surface area contributed by atoms with E-state index in [9.17, 15) is 19.8 Å². The Kier molecular flexibility index (Phi) is 7.66. The fourth-order valence-corrected chi connectivity index (χ4v) is 6.10. The Balaban J connectivity index is 1.13. The Bertz CT molecular complexity index is 1440. The molecule has 4 N–H and O–H groups in total. The van der Waals surface area contributed by atoms with E-state index in [1.807, 2.05) is 0 Å². The molecule has 0 radical (unpaired) electrons. The molecule has 4 aromatic rings. The number of nitrogens with zero attached hydrogens (tertiary/aromatic N) is 4. The van der Waals surface area contributed by atoms with E-state index < -0.39 is 12.2 Å². The van der Waals surface area contributed by atoms with Gasteiger partial charge >= 0.3 is 0 Å². The van der Waals surface area contributed by atoms with Crippen molar-refractivity contribution in [1.29, 1.82) is 0 Å². The van der Waals surface area contributed by atoms with E-state index >= 15 is 0 Å². The number of benzene rings is 2. The average molecular weight is 569 g/mol. The molecule has 4 heterocycles. The zero-order chi connectivity index (χ0) is 29.4. The van der Waals surface area contributed by atoms with E-state index in [1.54, 1.807) is 22.2 Å². The number of nitrogens with one attached hydrogen (secondary N) is 2. The molecule has 218 valence electrons. The first-order valence-electron chi connectivity index (χ1n) is 14.6. The molecule has 10 nitrogen and oxygen atoms in total. The van der Waals surface area contributed by atoms with E-state index in [0.717, 1.165) is 71.0 Å². The van der Waals surface area contributed by atoms with E-state index in [2.05, 4.69) is 68.5 Å². The molecule has 2 aliphatic heterocycles. The standard InChI is InChI=1S/C32H36N6O4/c1-19(39)31(41)37-15-3-5-27(37)29-33-17-25(35-29)23-11-7-21(8-12-23)22-9-13-24(14-10-22)26-18-34-30(36-26)28-6-4-16-38(28)32(42)20(2)40/h7-14,17-20,27-28,39-40H,3-6,15-16H2,1-2H3,(H,33,35)(H,34,36)/t19-,20-,27?,28?/m0/s1. The minimum atomic E-state index is -1.02. The molecule has 2 fully saturated rings. The number of rotatable bonds is 7. The topological polar surface area (TPSA) is 138 Å². The van der Waals surface area contributed by atoms with E-state index in [-0.39, 0.29) is 23.9 Å². The number of carbonyl (C=O) groups excluding carboxylic acids is 2. The molecule has 2 aliphatic rings. The number of aromatic nitrogens is 4. The van der Waals surface area contributed by atoms with Gasteiger partial charge in [-0.3, -0.25) is 9.59 Å². The van der Waals surface area contributed by atoms with Crippen LogP contribution in [0.1, 0.15) is 63.3 Å². The van der Waals surface area contributed by atoms with Gasteiger partial charge < -0.3 is 30.0 Å². The van der Waals surface area contributed by atoms with Crippen LogP contribution in [0.5, 0.6) is 0 Å². The van der Waals surface area contributed by atoms with Crippen LogP contribution in [0, 0.1) is 0 Å². The number of H-pyrrole nitrogens is 2. The summed E-state index contributed by atoms with van der Waals surface area (Å²) in [7, 11) is 0. The fourth-order valence-electron chi connectivity index (χ4n) is 6.10. The Morgan fingerprint density at radius 2 is 1.05 bits per heavy atom. The molecular formula is C32H36N6O4. The molecule has 0 aliphatic carbocycles. The second-order valence-electron chi connectivity index (χ2n) is 11.3. The van der Waals surface area contributed by atoms with Gasteiger partial charge in [-0.2, -0.15) is 0 Å². The maximum Gasteiger partial charge on any atom is 0.251 e. The number of aliphatic hydroxyl groups is 2. The highest BCUT2D eigenvalue weighted by Gasteiger charge is 2.34. The van der Waals surface area contributed by atoms with Crippen LogP contribution in [-0.4, -0.2) is 77.1 Å². The van der Waals surface area contributed by atoms with Crippen LogP contribution < -0.4 is 0 Å². The van der Waals surface area contributed by atoms with Crippen LogP contribution in [0.3, 0.4) is 0 Å². The maximum atomic E-state index is 12.4. The van der Waals surface area contributed by atoms with Crippen molar-refractivity contribution < 1.29 is 19.8 Å². The van der Waals surface area contributed by atoms with Crippen molar-refractivity contribution in [2.24, 2.45) is 0 Å². The summed E-state index contributed by atoms with van der Waals surface area (Å²) in [6.45, 7) is 4.26. The second kappa shape index (κ2) is 11.5. The third-order valence-electron chi connectivity index (χ3n) is 8.33. The maximum absolute atomic E-state index is 12.4. The zero-order valence-corrected chi connectivity index (χ0v) is 23.8. The number of aliphatic hydroxyl groups excluding tert-OH is 2. The summed E-state index contributed by atoms with van der Waals surface area (Å²) in [5.74, 6) is 0.966. The number of hydrogen-bond donors (Lipinski definition) is 4. The minimum Gasteiger partial charge on any atom is -0.384 e. The first-order valence-corrected chi connectivity index (χ1v) is 14.6. The normalized spacial score (nSPS) is 20.2. The van der Waals surface area contributed by atoms with Crippen molar-refractivity contribution in [3.63, 3.8) is 0 Å². The molecular weight excluding hydrogens is 532 g/mol. The van der Waals surface area contributed by atoms with Crippen LogP contribution in [0.15, 0.2) is 60.9 Å². The Morgan fingerprint density at radius 3 is 1.40 bits per heavy atom. The van der Waals surface area contributed by atoms with Gasteiger partial charge in [0.15, 0.2) is 0 Å². The number of carbonyl (C=O) groups is 2. The van der Waals surface area contributed by atoms with Crippen LogP contribution in [-0.2, 0) is 9.59 Å². The lowest BCUT2D eigenvalue weighted by atomic mass is 10.0. The van der Waals surface area contributed by atoms with Crippen molar-refractivity contribution in [2.75, 3.05) is 13.1 Å². The van der Waals surface area contributed by atoms with E-state index in [0.29, 0.717) is 13.1 Å². The van der Waals surface area contributed by atoms with Gasteiger partial charge in [0.2, 0.25) is 0 Å². The van der Waals surface area contributed by atoms with E-state index in [1.165, 1.54) is 13.8 Å². The number of hydrogen-bond acceptors (Lipinski definition) is 6. The van der Waals surface area contributed by atoms with Gasteiger partial charge in [0.05, 0.1) is 35.9 Å². The molecule has 0 spiro atoms. The predicted octanol–water partition coefficient (Wildman–Crippen LogP) is 4.22. The number of aromatic amines is 2. The van der Waals surface area contributed by atoms with E-state index in [4.69, 9.17) is 0 Å². The van der Waals surface area contributed by atoms with Gasteiger partial charge in [-0.25, -0.2) is 9.97 Å². The molecule has 0 saturated carbocycles. The Morgan fingerprint density at radius 1 is 0.690 bits per heavy atom. The van der Waals surface area contributed by atoms with Gasteiger partial charge in [-0.05, 0) is 61.8 Å². The molecule has 2 unspecified atom stereocenters. The summed E-state index contributed by atoms with van der Waals surface area (Å²) in [6, 6.07) is 16.2. The lowest BCUT2D eigenvalue weighted by molar-refractivity contribution is -0.140. The molecule has 2 amide bonds. The van der Waals surface area contributed by atoms with Crippen molar-refractivity contribution in [3.05, 3.63) is 72.6 Å². The molecule has 10 heteroatoms. The van der Waals surface area contributed by atoms with Crippen LogP contribution >= 0.6 is 0 Å². The SMILES string of the molecule is C[C@H](O)C(=O)N1CCCC1c1ncc(-c2ccc(-c3ccc(-c4cnc(C5CCCN5C(=O)[C@H](C)O)[nH]4)cc3)cc2)[nH]1. The third kappa shape index (κ3) is 5.35. The summed E-state index contributed by atoms with van der Waals surface area (Å²) in [6.07, 6.45) is 4.98. The van der Waals surface area contributed by atoms with Crippen LogP contribution in [0.4, 0.5) is 0 Å². The fraction of sp³-hybridized carbons (Fsp3) is 0.375. The van der Waals surface area contributed by atoms with Gasteiger partial charge in [0.25, 0.3) is 11.8 Å². The summed E-state index contributed by atoms with van der Waals surface area (Å²) in [4.78, 5) is 44.1. The van der Waals surface area contributed by atoms with Gasteiger partial charge in [-0.1, -0.05) is 48.5 Å². The van der Waals surface area contributed by atoms with Gasteiger partial charge in [0, 0.05) is 13.1 Å². The second-order valence-corrected chi connectivity index (χ2v) is 11.3. The average Bonchev–Trinajstić information content (AvgIpc) is 3.82. The molecule has 2 aromatic carbocycles. The molecule has 2 saturated heterocycles. The monoisotopic (exact) mass is 568 g/mol. The zero-order valence-electron chi connectivity index (χ0n) is 23.8. The highest BCUT2D eigenvalue weighted by atomic mass is 16.3. The lowest BCUT2D eigenvalue weighted by Gasteiger charge is -2.24. The molecule has 2 aromatic heterocycles. The van der Waals surface area contributed by atoms with Crippen LogP contribution in [0.2, 0.25) is 0 Å². The molecule has 0 bridgehead atoms. The summed E-state index contributed by atoms with van der Waals surface area (Å²) in [5, 5.41) is 19.5. The highest BCUT2D eigenvalue weighted by molar-refractivity contribution is 5.81. The number of amides is 2. The molecule has 6 rings (SSSR count). The van der Waals surface area contributed by atoms with Crippen molar-refractivity contribution in [1.82, 2.24) is 29.7 Å². The Labute approximate surface area is 244 Å². The van der Waals surface area contributed by atoms with Crippen molar-refractivity contribution in [2.45, 2.75) is 63.8 Å². The van der Waals surface area contributed by atoms with Crippen LogP contribution in [0.25, 0.3) is 33.6 Å². The smallest absolute Gasteiger partial charge is 0.251 e. The molecule has 4 atom stereocenters. The minimum absolute atomic E-state index is 0.145. The number of likely N-dealkylation sites (tertiary alicyclic amines) is 2.